The molecule has 2 rings (SSSR count). The first-order chi connectivity index (χ1) is 11.7. The molecule has 1 aliphatic rings. The van der Waals surface area contributed by atoms with Crippen LogP contribution in [0.25, 0.3) is 0 Å². The van der Waals surface area contributed by atoms with E-state index in [2.05, 4.69) is 0 Å². The number of hydrogen-bond acceptors (Lipinski definition) is 3. The predicted octanol–water partition coefficient (Wildman–Crippen LogP) is 2.11. The van der Waals surface area contributed by atoms with E-state index in [0.717, 1.165) is 6.42 Å². The fourth-order valence-corrected chi connectivity index (χ4v) is 3.38. The number of benzene rings is 1. The molecule has 1 N–H and O–H groups in total. The van der Waals surface area contributed by atoms with Crippen LogP contribution in [-0.2, 0) is 9.59 Å². The SMILES string of the molecule is CC(CN(C)C(=O)C1(C)CCCN(C(=O)c2ccccc2)C1)C(=O)O. The van der Waals surface area contributed by atoms with Gasteiger partial charge in [0.15, 0.2) is 0 Å². The molecule has 1 fully saturated rings. The number of carboxylic acids is 1. The number of likely N-dealkylation sites (tertiary alicyclic amines) is 1. The van der Waals surface area contributed by atoms with Crippen LogP contribution in [0.4, 0.5) is 0 Å². The molecule has 136 valence electrons. The molecule has 0 saturated carbocycles. The van der Waals surface area contributed by atoms with Crippen LogP contribution in [0.2, 0.25) is 0 Å². The summed E-state index contributed by atoms with van der Waals surface area (Å²) in [5.41, 5.74) is -0.0672. The van der Waals surface area contributed by atoms with Crippen LogP contribution in [0, 0.1) is 11.3 Å². The molecule has 0 aromatic heterocycles. The van der Waals surface area contributed by atoms with Gasteiger partial charge in [0, 0.05) is 32.2 Å². The van der Waals surface area contributed by atoms with Crippen molar-refractivity contribution >= 4 is 17.8 Å². The highest BCUT2D eigenvalue weighted by Gasteiger charge is 2.41. The molecule has 1 aromatic carbocycles. The number of carbonyl (C=O) groups is 3. The van der Waals surface area contributed by atoms with Gasteiger partial charge in [-0.3, -0.25) is 14.4 Å². The fourth-order valence-electron chi connectivity index (χ4n) is 3.38. The molecule has 1 heterocycles. The fraction of sp³-hybridized carbons (Fsp3) is 0.526. The highest BCUT2D eigenvalue weighted by Crippen LogP contribution is 2.32. The van der Waals surface area contributed by atoms with Gasteiger partial charge < -0.3 is 14.9 Å². The molecule has 0 bridgehead atoms. The molecule has 0 aliphatic carbocycles. The number of hydrogen-bond donors (Lipinski definition) is 1. The van der Waals surface area contributed by atoms with Crippen molar-refractivity contribution in [1.29, 1.82) is 0 Å². The molecule has 25 heavy (non-hydrogen) atoms. The minimum atomic E-state index is -0.922. The Kier molecular flexibility index (Phi) is 5.82. The second kappa shape index (κ2) is 7.68. The monoisotopic (exact) mass is 346 g/mol. The summed E-state index contributed by atoms with van der Waals surface area (Å²) < 4.78 is 0. The van der Waals surface area contributed by atoms with Crippen LogP contribution in [0.15, 0.2) is 30.3 Å². The third-order valence-electron chi connectivity index (χ3n) is 4.84. The van der Waals surface area contributed by atoms with Gasteiger partial charge in [0.25, 0.3) is 5.91 Å². The van der Waals surface area contributed by atoms with Crippen LogP contribution in [0.1, 0.15) is 37.0 Å². The Balaban J connectivity index is 2.08. The number of piperidine rings is 1. The van der Waals surface area contributed by atoms with E-state index in [4.69, 9.17) is 5.11 Å². The van der Waals surface area contributed by atoms with Gasteiger partial charge in [-0.05, 0) is 31.9 Å². The lowest BCUT2D eigenvalue weighted by Crippen LogP contribution is -2.53. The van der Waals surface area contributed by atoms with Crippen LogP contribution >= 0.6 is 0 Å². The van der Waals surface area contributed by atoms with E-state index in [1.165, 1.54) is 4.90 Å². The quantitative estimate of drug-likeness (QED) is 0.886. The second-order valence-electron chi connectivity index (χ2n) is 7.18. The molecule has 6 heteroatoms. The van der Waals surface area contributed by atoms with Gasteiger partial charge in [-0.15, -0.1) is 0 Å². The summed E-state index contributed by atoms with van der Waals surface area (Å²) >= 11 is 0. The van der Waals surface area contributed by atoms with Crippen LogP contribution in [0.3, 0.4) is 0 Å². The van der Waals surface area contributed by atoms with E-state index >= 15 is 0 Å². The molecule has 1 saturated heterocycles. The number of carbonyl (C=O) groups excluding carboxylic acids is 2. The van der Waals surface area contributed by atoms with Crippen molar-refractivity contribution in [3.8, 4) is 0 Å². The van der Waals surface area contributed by atoms with Crippen LogP contribution in [0.5, 0.6) is 0 Å². The lowest BCUT2D eigenvalue weighted by atomic mass is 9.80. The Morgan fingerprint density at radius 1 is 1.28 bits per heavy atom. The molecule has 2 atom stereocenters. The Hall–Kier alpha value is -2.37. The van der Waals surface area contributed by atoms with Gasteiger partial charge in [0.1, 0.15) is 0 Å². The van der Waals surface area contributed by atoms with Crippen molar-refractivity contribution in [2.24, 2.45) is 11.3 Å². The third-order valence-corrected chi connectivity index (χ3v) is 4.84. The van der Waals surface area contributed by atoms with Crippen molar-refractivity contribution in [2.75, 3.05) is 26.7 Å². The number of rotatable bonds is 5. The van der Waals surface area contributed by atoms with Crippen molar-refractivity contribution in [1.82, 2.24) is 9.80 Å². The zero-order chi connectivity index (χ0) is 18.6. The van der Waals surface area contributed by atoms with Crippen molar-refractivity contribution in [3.05, 3.63) is 35.9 Å². The standard InChI is InChI=1S/C19H26N2O4/c1-14(17(23)24)12-20(3)18(25)19(2)10-7-11-21(13-19)16(22)15-8-5-4-6-9-15/h4-6,8-9,14H,7,10-13H2,1-3H3,(H,23,24). The molecule has 6 nitrogen and oxygen atoms in total. The minimum absolute atomic E-state index is 0.0686. The Morgan fingerprint density at radius 3 is 2.52 bits per heavy atom. The third kappa shape index (κ3) is 4.38. The van der Waals surface area contributed by atoms with E-state index in [1.807, 2.05) is 25.1 Å². The Bertz CT molecular complexity index is 646. The Morgan fingerprint density at radius 2 is 1.92 bits per heavy atom. The molecular formula is C19H26N2O4. The van der Waals surface area contributed by atoms with E-state index in [9.17, 15) is 14.4 Å². The lowest BCUT2D eigenvalue weighted by Gasteiger charge is -2.41. The highest BCUT2D eigenvalue weighted by molar-refractivity contribution is 5.95. The van der Waals surface area contributed by atoms with Crippen molar-refractivity contribution in [3.63, 3.8) is 0 Å². The van der Waals surface area contributed by atoms with Gasteiger partial charge in [0.2, 0.25) is 5.91 Å². The maximum atomic E-state index is 12.9. The average Bonchev–Trinajstić information content (AvgIpc) is 2.61. The summed E-state index contributed by atoms with van der Waals surface area (Å²) in [7, 11) is 1.63. The van der Waals surface area contributed by atoms with Gasteiger partial charge in [-0.2, -0.15) is 0 Å². The molecule has 0 radical (unpaired) electrons. The smallest absolute Gasteiger partial charge is 0.308 e. The zero-order valence-corrected chi connectivity index (χ0v) is 15.1. The number of carboxylic acid groups (broad SMARTS) is 1. The second-order valence-corrected chi connectivity index (χ2v) is 7.18. The summed E-state index contributed by atoms with van der Waals surface area (Å²) in [6.07, 6.45) is 1.44. The number of nitrogens with zero attached hydrogens (tertiary/aromatic N) is 2. The normalized spacial score (nSPS) is 21.5. The van der Waals surface area contributed by atoms with E-state index < -0.39 is 17.3 Å². The van der Waals surface area contributed by atoms with Crippen molar-refractivity contribution in [2.45, 2.75) is 26.7 Å². The summed E-state index contributed by atoms with van der Waals surface area (Å²) in [6, 6.07) is 9.05. The van der Waals surface area contributed by atoms with E-state index in [0.29, 0.717) is 25.1 Å². The largest absolute Gasteiger partial charge is 0.481 e. The van der Waals surface area contributed by atoms with E-state index in [1.54, 1.807) is 31.0 Å². The average molecular weight is 346 g/mol. The van der Waals surface area contributed by atoms with Gasteiger partial charge in [-0.25, -0.2) is 0 Å². The summed E-state index contributed by atoms with van der Waals surface area (Å²) in [4.78, 5) is 39.8. The molecule has 2 unspecified atom stereocenters. The first-order valence-corrected chi connectivity index (χ1v) is 8.57. The predicted molar refractivity (Wildman–Crippen MR) is 94.1 cm³/mol. The Labute approximate surface area is 148 Å². The maximum absolute atomic E-state index is 12.9. The molecule has 1 aromatic rings. The van der Waals surface area contributed by atoms with Crippen LogP contribution < -0.4 is 0 Å². The molecular weight excluding hydrogens is 320 g/mol. The van der Waals surface area contributed by atoms with Crippen molar-refractivity contribution < 1.29 is 19.5 Å². The van der Waals surface area contributed by atoms with Crippen LogP contribution in [-0.4, -0.2) is 59.4 Å². The first kappa shape index (κ1) is 19.0. The summed E-state index contributed by atoms with van der Waals surface area (Å²) in [5, 5.41) is 9.04. The maximum Gasteiger partial charge on any atom is 0.308 e. The molecule has 1 aliphatic heterocycles. The van der Waals surface area contributed by atoms with Gasteiger partial charge >= 0.3 is 5.97 Å². The zero-order valence-electron chi connectivity index (χ0n) is 15.1. The molecule has 0 spiro atoms. The number of aliphatic carboxylic acids is 1. The number of amides is 2. The van der Waals surface area contributed by atoms with E-state index in [-0.39, 0.29) is 18.4 Å². The minimum Gasteiger partial charge on any atom is -0.481 e. The summed E-state index contributed by atoms with van der Waals surface area (Å²) in [6.45, 7) is 4.59. The topological polar surface area (TPSA) is 77.9 Å². The lowest BCUT2D eigenvalue weighted by molar-refractivity contribution is -0.146. The summed E-state index contributed by atoms with van der Waals surface area (Å²) in [5.74, 6) is -1.72. The molecule has 2 amide bonds. The van der Waals surface area contributed by atoms with Gasteiger partial charge in [0.05, 0.1) is 11.3 Å². The highest BCUT2D eigenvalue weighted by atomic mass is 16.4. The van der Waals surface area contributed by atoms with Gasteiger partial charge in [-0.1, -0.05) is 25.1 Å². The first-order valence-electron chi connectivity index (χ1n) is 8.57.